The molecule has 8 nitrogen and oxygen atoms in total. The maximum atomic E-state index is 11.9. The van der Waals surface area contributed by atoms with Crippen LogP contribution >= 0.6 is 0 Å². The van der Waals surface area contributed by atoms with Crippen molar-refractivity contribution >= 4 is 28.5 Å². The Labute approximate surface area is 111 Å². The first kappa shape index (κ1) is 13.4. The summed E-state index contributed by atoms with van der Waals surface area (Å²) < 4.78 is 0.617. The number of non-ortho nitro benzene ring substituents is 1. The molecule has 1 heterocycles. The van der Waals surface area contributed by atoms with Crippen LogP contribution in [0.2, 0.25) is 0 Å². The Morgan fingerprint density at radius 3 is 2.50 bits per heavy atom. The van der Waals surface area contributed by atoms with E-state index >= 15 is 0 Å². The van der Waals surface area contributed by atoms with E-state index in [9.17, 15) is 24.5 Å². The van der Waals surface area contributed by atoms with E-state index in [1.165, 1.54) is 18.2 Å². The maximum absolute atomic E-state index is 11.9. The van der Waals surface area contributed by atoms with Crippen molar-refractivity contribution in [2.45, 2.75) is 6.92 Å². The van der Waals surface area contributed by atoms with E-state index in [1.54, 1.807) is 0 Å². The van der Waals surface area contributed by atoms with Crippen molar-refractivity contribution in [2.75, 3.05) is 0 Å². The molecule has 0 saturated heterocycles. The molecule has 0 fully saturated rings. The topological polar surface area (TPSA) is 120 Å². The van der Waals surface area contributed by atoms with Crippen LogP contribution in [0.25, 0.3) is 10.9 Å². The molecule has 0 saturated carbocycles. The average molecular weight is 276 g/mol. The van der Waals surface area contributed by atoms with Crippen LogP contribution in [0.15, 0.2) is 29.1 Å². The summed E-state index contributed by atoms with van der Waals surface area (Å²) >= 11 is 0. The summed E-state index contributed by atoms with van der Waals surface area (Å²) in [6.45, 7) is 1.07. The third-order valence-electron chi connectivity index (χ3n) is 2.77. The van der Waals surface area contributed by atoms with Gasteiger partial charge in [0, 0.05) is 13.0 Å². The molecule has 0 amide bonds. The third kappa shape index (κ3) is 1.92. The summed E-state index contributed by atoms with van der Waals surface area (Å²) in [6, 6.07) is 4.75. The normalized spacial score (nSPS) is 10.4. The molecule has 1 aromatic heterocycles. The molecule has 0 aliphatic rings. The molecule has 0 aliphatic heterocycles. The van der Waals surface area contributed by atoms with Crippen molar-refractivity contribution in [1.82, 2.24) is 4.57 Å². The summed E-state index contributed by atoms with van der Waals surface area (Å²) in [7, 11) is 0. The summed E-state index contributed by atoms with van der Waals surface area (Å²) in [4.78, 5) is 44.7. The number of nitrogens with zero attached hydrogens (tertiary/aromatic N) is 2. The Morgan fingerprint density at radius 1 is 1.35 bits per heavy atom. The summed E-state index contributed by atoms with van der Waals surface area (Å²) in [5, 5.41) is 19.8. The molecule has 102 valence electrons. The molecule has 2 aromatic rings. The maximum Gasteiger partial charge on any atom is 0.341 e. The van der Waals surface area contributed by atoms with Crippen LogP contribution in [0.4, 0.5) is 5.69 Å². The highest BCUT2D eigenvalue weighted by Crippen LogP contribution is 2.25. The van der Waals surface area contributed by atoms with Crippen LogP contribution in [0.1, 0.15) is 22.1 Å². The second kappa shape index (κ2) is 4.57. The lowest BCUT2D eigenvalue weighted by atomic mass is 10.1. The average Bonchev–Trinajstić information content (AvgIpc) is 2.35. The van der Waals surface area contributed by atoms with Crippen LogP contribution < -0.4 is 5.56 Å². The van der Waals surface area contributed by atoms with E-state index in [-0.39, 0.29) is 16.6 Å². The molecule has 0 aliphatic carbocycles. The second-order valence-electron chi connectivity index (χ2n) is 3.99. The first-order valence-electron chi connectivity index (χ1n) is 5.42. The number of nitro groups is 1. The quantitative estimate of drug-likeness (QED) is 0.651. The monoisotopic (exact) mass is 276 g/mol. The van der Waals surface area contributed by atoms with Gasteiger partial charge in [0.05, 0.1) is 15.8 Å². The van der Waals surface area contributed by atoms with Gasteiger partial charge in [0.1, 0.15) is 5.56 Å². The largest absolute Gasteiger partial charge is 0.477 e. The lowest BCUT2D eigenvalue weighted by Gasteiger charge is -2.08. The molecule has 0 spiro atoms. The fourth-order valence-corrected chi connectivity index (χ4v) is 1.95. The third-order valence-corrected chi connectivity index (χ3v) is 2.77. The van der Waals surface area contributed by atoms with Crippen molar-refractivity contribution in [3.8, 4) is 0 Å². The van der Waals surface area contributed by atoms with E-state index < -0.39 is 27.9 Å². The number of benzene rings is 1. The SMILES string of the molecule is CC(=O)n1c(=O)c(C(=O)O)cc2c([N+](=O)[O-])cccc21. The van der Waals surface area contributed by atoms with Crippen LogP contribution in [-0.4, -0.2) is 26.5 Å². The fraction of sp³-hybridized carbons (Fsp3) is 0.0833. The van der Waals surface area contributed by atoms with Crippen molar-refractivity contribution < 1.29 is 19.6 Å². The molecular formula is C12H8N2O6. The Balaban J connectivity index is 3.09. The molecular weight excluding hydrogens is 268 g/mol. The van der Waals surface area contributed by atoms with E-state index in [1.807, 2.05) is 0 Å². The number of carbonyl (C=O) groups excluding carboxylic acids is 1. The van der Waals surface area contributed by atoms with Gasteiger partial charge in [-0.15, -0.1) is 0 Å². The summed E-state index contributed by atoms with van der Waals surface area (Å²) in [5.74, 6) is -2.27. The first-order valence-corrected chi connectivity index (χ1v) is 5.42. The number of hydrogen-bond donors (Lipinski definition) is 1. The molecule has 1 aromatic carbocycles. The van der Waals surface area contributed by atoms with E-state index in [0.29, 0.717) is 4.57 Å². The Bertz CT molecular complexity index is 821. The predicted octanol–water partition coefficient (Wildman–Crippen LogP) is 1.27. The second-order valence-corrected chi connectivity index (χ2v) is 3.99. The predicted molar refractivity (Wildman–Crippen MR) is 68.1 cm³/mol. The number of rotatable bonds is 2. The zero-order valence-electron chi connectivity index (χ0n) is 10.2. The van der Waals surface area contributed by atoms with Crippen molar-refractivity contribution in [3.63, 3.8) is 0 Å². The van der Waals surface area contributed by atoms with Gasteiger partial charge in [0.15, 0.2) is 0 Å². The van der Waals surface area contributed by atoms with Crippen LogP contribution in [0.3, 0.4) is 0 Å². The van der Waals surface area contributed by atoms with Crippen molar-refractivity contribution in [2.24, 2.45) is 0 Å². The minimum absolute atomic E-state index is 0.00157. The van der Waals surface area contributed by atoms with Crippen molar-refractivity contribution in [3.05, 3.63) is 50.3 Å². The lowest BCUT2D eigenvalue weighted by Crippen LogP contribution is -2.30. The van der Waals surface area contributed by atoms with E-state index in [0.717, 1.165) is 13.0 Å². The summed E-state index contributed by atoms with van der Waals surface area (Å²) in [5.41, 5.74) is -2.08. The standard InChI is InChI=1S/C12H8N2O6/c1-6(15)13-9-3-2-4-10(14(19)20)7(9)5-8(11(13)16)12(17)18/h2-5H,1H3,(H,17,18). The molecule has 0 unspecified atom stereocenters. The first-order chi connectivity index (χ1) is 9.34. The number of fused-ring (bicyclic) bond motifs is 1. The van der Waals surface area contributed by atoms with Gasteiger partial charge in [-0.05, 0) is 12.1 Å². The van der Waals surface area contributed by atoms with Crippen LogP contribution in [0.5, 0.6) is 0 Å². The van der Waals surface area contributed by atoms with Gasteiger partial charge in [-0.3, -0.25) is 19.7 Å². The number of pyridine rings is 1. The van der Waals surface area contributed by atoms with Crippen LogP contribution in [0, 0.1) is 10.1 Å². The van der Waals surface area contributed by atoms with Gasteiger partial charge in [-0.2, -0.15) is 0 Å². The number of hydrogen-bond acceptors (Lipinski definition) is 5. The molecule has 8 heteroatoms. The molecule has 2 rings (SSSR count). The highest BCUT2D eigenvalue weighted by Gasteiger charge is 2.21. The minimum atomic E-state index is -1.55. The zero-order chi connectivity index (χ0) is 15.0. The fourth-order valence-electron chi connectivity index (χ4n) is 1.95. The smallest absolute Gasteiger partial charge is 0.341 e. The molecule has 0 bridgehead atoms. The minimum Gasteiger partial charge on any atom is -0.477 e. The van der Waals surface area contributed by atoms with E-state index in [2.05, 4.69) is 0 Å². The Kier molecular flexibility index (Phi) is 3.07. The molecule has 0 atom stereocenters. The number of aromatic carboxylic acids is 1. The van der Waals surface area contributed by atoms with Gasteiger partial charge in [0.25, 0.3) is 11.2 Å². The number of aromatic nitrogens is 1. The van der Waals surface area contributed by atoms with Gasteiger partial charge in [-0.1, -0.05) is 6.07 Å². The van der Waals surface area contributed by atoms with Crippen molar-refractivity contribution in [1.29, 1.82) is 0 Å². The Hall–Kier alpha value is -3.03. The molecule has 20 heavy (non-hydrogen) atoms. The van der Waals surface area contributed by atoms with Crippen LogP contribution in [-0.2, 0) is 0 Å². The molecule has 1 N–H and O–H groups in total. The van der Waals surface area contributed by atoms with Gasteiger partial charge >= 0.3 is 5.97 Å². The highest BCUT2D eigenvalue weighted by atomic mass is 16.6. The number of carboxylic acid groups (broad SMARTS) is 1. The van der Waals surface area contributed by atoms with Gasteiger partial charge in [-0.25, -0.2) is 9.36 Å². The highest BCUT2D eigenvalue weighted by molar-refractivity contribution is 6.00. The summed E-state index contributed by atoms with van der Waals surface area (Å²) in [6.07, 6.45) is 0. The number of carbonyl (C=O) groups is 2. The van der Waals surface area contributed by atoms with E-state index in [4.69, 9.17) is 5.11 Å². The number of nitro benzene ring substituents is 1. The molecule has 0 radical (unpaired) electrons. The van der Waals surface area contributed by atoms with Gasteiger partial charge in [0.2, 0.25) is 5.91 Å². The number of carboxylic acids is 1. The zero-order valence-corrected chi connectivity index (χ0v) is 10.2. The van der Waals surface area contributed by atoms with Gasteiger partial charge < -0.3 is 5.11 Å². The Morgan fingerprint density at radius 2 is 2.00 bits per heavy atom. The lowest BCUT2D eigenvalue weighted by molar-refractivity contribution is -0.383.